The second-order valence-corrected chi connectivity index (χ2v) is 6.93. The number of amides is 1. The zero-order chi connectivity index (χ0) is 19.9. The lowest BCUT2D eigenvalue weighted by atomic mass is 9.97. The molecule has 1 aliphatic carbocycles. The van der Waals surface area contributed by atoms with E-state index in [1.807, 2.05) is 13.0 Å². The van der Waals surface area contributed by atoms with Crippen LogP contribution in [0.25, 0.3) is 11.0 Å². The summed E-state index contributed by atoms with van der Waals surface area (Å²) in [6.07, 6.45) is 7.83. The summed E-state index contributed by atoms with van der Waals surface area (Å²) in [6.45, 7) is 4.50. The Morgan fingerprint density at radius 2 is 2.11 bits per heavy atom. The van der Waals surface area contributed by atoms with Gasteiger partial charge in [-0.1, -0.05) is 11.6 Å². The number of carbonyl (C=O) groups excluding carboxylic acids is 2. The summed E-state index contributed by atoms with van der Waals surface area (Å²) < 4.78 is 16.2. The van der Waals surface area contributed by atoms with Crippen molar-refractivity contribution < 1.29 is 23.5 Å². The topological polar surface area (TPSA) is 77.8 Å². The highest BCUT2D eigenvalue weighted by molar-refractivity contribution is 5.97. The second kappa shape index (κ2) is 9.44. The van der Waals surface area contributed by atoms with E-state index in [2.05, 4.69) is 11.4 Å². The van der Waals surface area contributed by atoms with Gasteiger partial charge in [0, 0.05) is 17.5 Å². The monoisotopic (exact) mass is 385 g/mol. The minimum atomic E-state index is -0.642. The van der Waals surface area contributed by atoms with Crippen molar-refractivity contribution in [2.45, 2.75) is 46.0 Å². The van der Waals surface area contributed by atoms with Crippen LogP contribution in [-0.4, -0.2) is 31.6 Å². The molecule has 1 aromatic carbocycles. The number of hydrogen-bond acceptors (Lipinski definition) is 5. The summed E-state index contributed by atoms with van der Waals surface area (Å²) in [4.78, 5) is 24.3. The average molecular weight is 385 g/mol. The highest BCUT2D eigenvalue weighted by Gasteiger charge is 2.20. The number of esters is 1. The maximum atomic E-state index is 12.3. The molecule has 0 aliphatic heterocycles. The molecule has 1 heterocycles. The van der Waals surface area contributed by atoms with E-state index in [9.17, 15) is 9.59 Å². The van der Waals surface area contributed by atoms with Gasteiger partial charge >= 0.3 is 5.97 Å². The Bertz CT molecular complexity index is 880. The molecule has 0 saturated carbocycles. The molecule has 1 amide bonds. The zero-order valence-corrected chi connectivity index (χ0v) is 16.5. The van der Waals surface area contributed by atoms with E-state index in [1.54, 1.807) is 19.1 Å². The summed E-state index contributed by atoms with van der Waals surface area (Å²) in [5.41, 5.74) is 2.65. The Hall–Kier alpha value is -2.76. The van der Waals surface area contributed by atoms with E-state index < -0.39 is 5.97 Å². The number of rotatable bonds is 8. The van der Waals surface area contributed by atoms with Crippen LogP contribution in [0, 0.1) is 6.92 Å². The zero-order valence-electron chi connectivity index (χ0n) is 16.5. The normalized spacial score (nSPS) is 13.9. The summed E-state index contributed by atoms with van der Waals surface area (Å²) in [7, 11) is 0. The van der Waals surface area contributed by atoms with Crippen molar-refractivity contribution in [3.63, 3.8) is 0 Å². The van der Waals surface area contributed by atoms with Crippen molar-refractivity contribution in [1.82, 2.24) is 5.32 Å². The smallest absolute Gasteiger partial charge is 0.375 e. The molecular weight excluding hydrogens is 358 g/mol. The van der Waals surface area contributed by atoms with Crippen molar-refractivity contribution in [3.05, 3.63) is 41.2 Å². The molecule has 0 spiro atoms. The molecule has 28 heavy (non-hydrogen) atoms. The van der Waals surface area contributed by atoms with Crippen LogP contribution in [0.15, 0.2) is 34.3 Å². The third-order valence-electron chi connectivity index (χ3n) is 4.89. The van der Waals surface area contributed by atoms with Gasteiger partial charge in [-0.15, -0.1) is 0 Å². The fraction of sp³-hybridized carbons (Fsp3) is 0.455. The van der Waals surface area contributed by atoms with Crippen LogP contribution in [0.1, 0.15) is 55.1 Å². The number of carbonyl (C=O) groups is 2. The first kappa shape index (κ1) is 20.0. The van der Waals surface area contributed by atoms with Crippen LogP contribution in [0.3, 0.4) is 0 Å². The number of hydrogen-bond donors (Lipinski definition) is 1. The van der Waals surface area contributed by atoms with Gasteiger partial charge in [-0.05, 0) is 64.2 Å². The Morgan fingerprint density at radius 3 is 2.86 bits per heavy atom. The van der Waals surface area contributed by atoms with Gasteiger partial charge in [0.2, 0.25) is 5.76 Å². The minimum Gasteiger partial charge on any atom is -0.494 e. The fourth-order valence-corrected chi connectivity index (χ4v) is 3.39. The van der Waals surface area contributed by atoms with E-state index in [0.717, 1.165) is 24.6 Å². The van der Waals surface area contributed by atoms with Crippen molar-refractivity contribution in [1.29, 1.82) is 0 Å². The molecular formula is C22H27NO5. The van der Waals surface area contributed by atoms with Crippen LogP contribution in [0.4, 0.5) is 0 Å². The van der Waals surface area contributed by atoms with Gasteiger partial charge in [0.1, 0.15) is 11.3 Å². The molecule has 0 fully saturated rings. The maximum absolute atomic E-state index is 12.3. The Kier molecular flexibility index (Phi) is 6.74. The maximum Gasteiger partial charge on any atom is 0.375 e. The largest absolute Gasteiger partial charge is 0.494 e. The van der Waals surface area contributed by atoms with Gasteiger partial charge in [0.25, 0.3) is 5.91 Å². The van der Waals surface area contributed by atoms with Crippen LogP contribution < -0.4 is 10.1 Å². The molecule has 6 nitrogen and oxygen atoms in total. The lowest BCUT2D eigenvalue weighted by Gasteiger charge is -2.12. The molecule has 1 aromatic heterocycles. The minimum absolute atomic E-state index is 0.115. The standard InChI is InChI=1S/C22H27NO5/c1-3-26-17-9-10-19-18(13-17)15(2)21(28-19)22(25)27-14-20(24)23-12-11-16-7-5-4-6-8-16/h7,9-10,13H,3-6,8,11-12,14H2,1-2H3,(H,23,24). The Morgan fingerprint density at radius 1 is 1.25 bits per heavy atom. The quantitative estimate of drug-likeness (QED) is 0.541. The first-order chi connectivity index (χ1) is 13.6. The van der Waals surface area contributed by atoms with Crippen LogP contribution >= 0.6 is 0 Å². The third-order valence-corrected chi connectivity index (χ3v) is 4.89. The van der Waals surface area contributed by atoms with Gasteiger partial charge < -0.3 is 19.2 Å². The molecule has 0 saturated heterocycles. The predicted molar refractivity (Wildman–Crippen MR) is 107 cm³/mol. The van der Waals surface area contributed by atoms with E-state index in [4.69, 9.17) is 13.9 Å². The predicted octanol–water partition coefficient (Wildman–Crippen LogP) is 4.30. The van der Waals surface area contributed by atoms with Crippen molar-refractivity contribution in [2.24, 2.45) is 0 Å². The number of furan rings is 1. The first-order valence-corrected chi connectivity index (χ1v) is 9.86. The molecule has 1 N–H and O–H groups in total. The lowest BCUT2D eigenvalue weighted by molar-refractivity contribution is -0.124. The average Bonchev–Trinajstić information content (AvgIpc) is 3.03. The summed E-state index contributed by atoms with van der Waals surface area (Å²) in [6, 6.07) is 5.39. The summed E-state index contributed by atoms with van der Waals surface area (Å²) in [5.74, 6) is -0.121. The van der Waals surface area contributed by atoms with Crippen molar-refractivity contribution in [3.8, 4) is 5.75 Å². The number of allylic oxidation sites excluding steroid dienone is 1. The van der Waals surface area contributed by atoms with Gasteiger partial charge in [-0.2, -0.15) is 0 Å². The van der Waals surface area contributed by atoms with Gasteiger partial charge in [-0.3, -0.25) is 4.79 Å². The highest BCUT2D eigenvalue weighted by Crippen LogP contribution is 2.29. The van der Waals surface area contributed by atoms with Gasteiger partial charge in [-0.25, -0.2) is 4.79 Å². The molecule has 0 radical (unpaired) electrons. The molecule has 3 rings (SSSR count). The van der Waals surface area contributed by atoms with Gasteiger partial charge in [0.05, 0.1) is 6.61 Å². The lowest BCUT2D eigenvalue weighted by Crippen LogP contribution is -2.29. The van der Waals surface area contributed by atoms with Crippen molar-refractivity contribution >= 4 is 22.8 Å². The second-order valence-electron chi connectivity index (χ2n) is 6.93. The van der Waals surface area contributed by atoms with Crippen LogP contribution in [0.2, 0.25) is 0 Å². The number of aryl methyl sites for hydroxylation is 1. The molecule has 0 atom stereocenters. The molecule has 150 valence electrons. The van der Waals surface area contributed by atoms with E-state index in [0.29, 0.717) is 30.0 Å². The summed E-state index contributed by atoms with van der Waals surface area (Å²) >= 11 is 0. The van der Waals surface area contributed by atoms with Crippen molar-refractivity contribution in [2.75, 3.05) is 19.8 Å². The van der Waals surface area contributed by atoms with Crippen LogP contribution in [-0.2, 0) is 9.53 Å². The number of ether oxygens (including phenoxy) is 2. The molecule has 1 aliphatic rings. The Labute approximate surface area is 164 Å². The number of nitrogens with one attached hydrogen (secondary N) is 1. The number of fused-ring (bicyclic) bond motifs is 1. The molecule has 2 aromatic rings. The third kappa shape index (κ3) is 4.94. The van der Waals surface area contributed by atoms with E-state index in [1.165, 1.54) is 18.4 Å². The highest BCUT2D eigenvalue weighted by atomic mass is 16.5. The molecule has 0 bridgehead atoms. The first-order valence-electron chi connectivity index (χ1n) is 9.86. The van der Waals surface area contributed by atoms with E-state index >= 15 is 0 Å². The Balaban J connectivity index is 1.52. The van der Waals surface area contributed by atoms with Crippen LogP contribution in [0.5, 0.6) is 5.75 Å². The molecule has 6 heteroatoms. The summed E-state index contributed by atoms with van der Waals surface area (Å²) in [5, 5.41) is 3.59. The number of benzene rings is 1. The molecule has 0 unspecified atom stereocenters. The van der Waals surface area contributed by atoms with Gasteiger partial charge in [0.15, 0.2) is 6.61 Å². The fourth-order valence-electron chi connectivity index (χ4n) is 3.39. The SMILES string of the molecule is CCOc1ccc2oc(C(=O)OCC(=O)NCCC3=CCCCC3)c(C)c2c1. The van der Waals surface area contributed by atoms with E-state index in [-0.39, 0.29) is 18.3 Å².